The number of rotatable bonds is 13. The summed E-state index contributed by atoms with van der Waals surface area (Å²) in [4.78, 5) is 25.2. The van der Waals surface area contributed by atoms with Crippen LogP contribution in [0.1, 0.15) is 85.5 Å². The lowest BCUT2D eigenvalue weighted by molar-refractivity contribution is -0.130. The highest BCUT2D eigenvalue weighted by atomic mass is 16.2. The van der Waals surface area contributed by atoms with Crippen LogP contribution in [0.25, 0.3) is 0 Å². The molecule has 0 radical (unpaired) electrons. The number of amides is 1. The molecule has 0 unspecified atom stereocenters. The van der Waals surface area contributed by atoms with E-state index in [4.69, 9.17) is 0 Å². The van der Waals surface area contributed by atoms with Crippen LogP contribution in [0.4, 0.5) is 0 Å². The number of hydrogen-bond acceptors (Lipinski definition) is 2. The summed E-state index contributed by atoms with van der Waals surface area (Å²) in [6.07, 6.45) is 9.43. The van der Waals surface area contributed by atoms with Crippen LogP contribution in [0.3, 0.4) is 0 Å². The van der Waals surface area contributed by atoms with Crippen LogP contribution < -0.4 is 0 Å². The van der Waals surface area contributed by atoms with Gasteiger partial charge in [-0.3, -0.25) is 9.59 Å². The summed E-state index contributed by atoms with van der Waals surface area (Å²) >= 11 is 0. The van der Waals surface area contributed by atoms with Crippen LogP contribution in [-0.2, 0) is 9.59 Å². The number of nitrogens with zero attached hydrogens (tertiary/aromatic N) is 1. The predicted molar refractivity (Wildman–Crippen MR) is 93.9 cm³/mol. The Morgan fingerprint density at radius 2 is 1.23 bits per heavy atom. The number of Topliss-reactive ketones (excluding diaryl/α,β-unsaturated/α-hetero) is 1. The molecule has 1 amide bonds. The predicted octanol–water partition coefficient (Wildman–Crippen LogP) is 4.84. The van der Waals surface area contributed by atoms with Gasteiger partial charge in [0.1, 0.15) is 5.78 Å². The molecule has 0 aliphatic carbocycles. The minimum atomic E-state index is 0.186. The highest BCUT2D eigenvalue weighted by Crippen LogP contribution is 2.12. The molecule has 0 aliphatic rings. The molecule has 3 heteroatoms. The van der Waals surface area contributed by atoms with Crippen LogP contribution in [0, 0.1) is 11.8 Å². The normalized spacial score (nSPS) is 11.2. The summed E-state index contributed by atoms with van der Waals surface area (Å²) in [6, 6.07) is 0. The maximum Gasteiger partial charge on any atom is 0.222 e. The molecule has 0 rings (SSSR count). The third-order valence-electron chi connectivity index (χ3n) is 4.02. The molecule has 0 heterocycles. The summed E-state index contributed by atoms with van der Waals surface area (Å²) in [6.45, 7) is 9.08. The Kier molecular flexibility index (Phi) is 12.2. The van der Waals surface area contributed by atoms with Crippen molar-refractivity contribution in [1.29, 1.82) is 0 Å². The second kappa shape index (κ2) is 12.7. The Hall–Kier alpha value is -0.860. The highest BCUT2D eigenvalue weighted by Gasteiger charge is 2.09. The lowest BCUT2D eigenvalue weighted by Gasteiger charge is -2.19. The van der Waals surface area contributed by atoms with E-state index in [9.17, 15) is 9.59 Å². The molecule has 0 atom stereocenters. The Labute approximate surface area is 137 Å². The number of carbonyl (C=O) groups excluding carboxylic acids is 2. The van der Waals surface area contributed by atoms with E-state index in [2.05, 4.69) is 13.8 Å². The van der Waals surface area contributed by atoms with Crippen LogP contribution >= 0.6 is 0 Å². The van der Waals surface area contributed by atoms with Crippen molar-refractivity contribution in [2.24, 2.45) is 11.8 Å². The molecule has 0 aromatic carbocycles. The molecule has 0 spiro atoms. The first kappa shape index (κ1) is 21.1. The molecule has 130 valence electrons. The van der Waals surface area contributed by atoms with Gasteiger partial charge in [-0.25, -0.2) is 0 Å². The van der Waals surface area contributed by atoms with Gasteiger partial charge >= 0.3 is 0 Å². The summed E-state index contributed by atoms with van der Waals surface area (Å²) in [5, 5.41) is 0. The molecule has 0 fully saturated rings. The van der Waals surface area contributed by atoms with Gasteiger partial charge in [-0.1, -0.05) is 59.8 Å². The Morgan fingerprint density at radius 3 is 1.68 bits per heavy atom. The lowest BCUT2D eigenvalue weighted by atomic mass is 10.0. The Morgan fingerprint density at radius 1 is 0.773 bits per heavy atom. The van der Waals surface area contributed by atoms with Crippen LogP contribution in [0.2, 0.25) is 0 Å². The molecular formula is C19H37NO2. The van der Waals surface area contributed by atoms with E-state index in [1.54, 1.807) is 0 Å². The minimum Gasteiger partial charge on any atom is -0.346 e. The maximum atomic E-state index is 11.9. The van der Waals surface area contributed by atoms with E-state index < -0.39 is 0 Å². The zero-order valence-corrected chi connectivity index (χ0v) is 15.5. The van der Waals surface area contributed by atoms with Crippen molar-refractivity contribution in [3.05, 3.63) is 0 Å². The number of ketones is 1. The van der Waals surface area contributed by atoms with E-state index in [1.807, 2.05) is 25.8 Å². The molecule has 0 aromatic rings. The summed E-state index contributed by atoms with van der Waals surface area (Å²) in [5.74, 6) is 1.40. The number of carbonyl (C=O) groups is 2. The summed E-state index contributed by atoms with van der Waals surface area (Å²) < 4.78 is 0. The van der Waals surface area contributed by atoms with Gasteiger partial charge in [0.25, 0.3) is 0 Å². The van der Waals surface area contributed by atoms with E-state index in [-0.39, 0.29) is 11.8 Å². The van der Waals surface area contributed by atoms with Crippen molar-refractivity contribution in [1.82, 2.24) is 4.90 Å². The smallest absolute Gasteiger partial charge is 0.222 e. The molecular weight excluding hydrogens is 274 g/mol. The van der Waals surface area contributed by atoms with Gasteiger partial charge in [-0.15, -0.1) is 0 Å². The molecule has 0 aliphatic heterocycles. The van der Waals surface area contributed by atoms with Crippen LogP contribution in [-0.4, -0.2) is 30.2 Å². The minimum absolute atomic E-state index is 0.186. The lowest BCUT2D eigenvalue weighted by Crippen LogP contribution is -2.29. The highest BCUT2D eigenvalue weighted by molar-refractivity contribution is 5.80. The van der Waals surface area contributed by atoms with Crippen molar-refractivity contribution in [2.45, 2.75) is 85.5 Å². The third kappa shape index (κ3) is 11.8. The van der Waals surface area contributed by atoms with Gasteiger partial charge in [0, 0.05) is 32.4 Å². The van der Waals surface area contributed by atoms with Gasteiger partial charge in [0.15, 0.2) is 0 Å². The molecule has 0 saturated heterocycles. The standard InChI is InChI=1S/C19H37NO2/c1-16(2)15-20(5)19(22)14-12-10-8-6-7-9-11-13-18(21)17(3)4/h16-17H,6-15H2,1-5H3. The first-order valence-electron chi connectivity index (χ1n) is 9.11. The fourth-order valence-electron chi connectivity index (χ4n) is 2.59. The largest absolute Gasteiger partial charge is 0.346 e. The van der Waals surface area contributed by atoms with Crippen LogP contribution in [0.15, 0.2) is 0 Å². The fourth-order valence-corrected chi connectivity index (χ4v) is 2.59. The molecule has 0 bridgehead atoms. The van der Waals surface area contributed by atoms with Gasteiger partial charge in [-0.05, 0) is 18.8 Å². The third-order valence-corrected chi connectivity index (χ3v) is 4.02. The second-order valence-electron chi connectivity index (χ2n) is 7.26. The first-order chi connectivity index (χ1) is 10.3. The van der Waals surface area contributed by atoms with Gasteiger partial charge in [-0.2, -0.15) is 0 Å². The number of unbranched alkanes of at least 4 members (excludes halogenated alkanes) is 6. The van der Waals surface area contributed by atoms with Crippen molar-refractivity contribution < 1.29 is 9.59 Å². The van der Waals surface area contributed by atoms with Crippen molar-refractivity contribution in [2.75, 3.05) is 13.6 Å². The van der Waals surface area contributed by atoms with Crippen LogP contribution in [0.5, 0.6) is 0 Å². The molecule has 0 N–H and O–H groups in total. The Bertz CT molecular complexity index is 311. The van der Waals surface area contributed by atoms with E-state index >= 15 is 0 Å². The second-order valence-corrected chi connectivity index (χ2v) is 7.26. The average molecular weight is 312 g/mol. The zero-order chi connectivity index (χ0) is 17.0. The molecule has 0 aromatic heterocycles. The fraction of sp³-hybridized carbons (Fsp3) is 0.895. The monoisotopic (exact) mass is 311 g/mol. The molecule has 22 heavy (non-hydrogen) atoms. The summed E-state index contributed by atoms with van der Waals surface area (Å²) in [7, 11) is 1.90. The SMILES string of the molecule is CC(C)CN(C)C(=O)CCCCCCCCCC(=O)C(C)C. The van der Waals surface area contributed by atoms with Gasteiger partial charge < -0.3 is 4.90 Å². The molecule has 0 saturated carbocycles. The maximum absolute atomic E-state index is 11.9. The average Bonchev–Trinajstić information content (AvgIpc) is 2.43. The van der Waals surface area contributed by atoms with Gasteiger partial charge in [0.05, 0.1) is 0 Å². The van der Waals surface area contributed by atoms with Crippen molar-refractivity contribution in [3.8, 4) is 0 Å². The molecule has 3 nitrogen and oxygen atoms in total. The van der Waals surface area contributed by atoms with Gasteiger partial charge in [0.2, 0.25) is 5.91 Å². The van der Waals surface area contributed by atoms with E-state index in [1.165, 1.54) is 19.3 Å². The number of hydrogen-bond donors (Lipinski definition) is 0. The van der Waals surface area contributed by atoms with Crippen molar-refractivity contribution >= 4 is 11.7 Å². The Balaban J connectivity index is 3.40. The van der Waals surface area contributed by atoms with E-state index in [0.717, 1.165) is 38.6 Å². The van der Waals surface area contributed by atoms with Crippen molar-refractivity contribution in [3.63, 3.8) is 0 Å². The topological polar surface area (TPSA) is 37.4 Å². The zero-order valence-electron chi connectivity index (χ0n) is 15.5. The quantitative estimate of drug-likeness (QED) is 0.457. The first-order valence-corrected chi connectivity index (χ1v) is 9.11. The van der Waals surface area contributed by atoms with E-state index in [0.29, 0.717) is 18.1 Å². The summed E-state index contributed by atoms with van der Waals surface area (Å²) in [5.41, 5.74) is 0.